The molecule has 2 saturated heterocycles. The van der Waals surface area contributed by atoms with Crippen LogP contribution in [-0.4, -0.2) is 45.0 Å². The normalized spacial score (nSPS) is 37.2. The zero-order valence-electron chi connectivity index (χ0n) is 10.9. The largest absolute Gasteiger partial charge is 0.460 e. The number of nitrogens with zero attached hydrogens (tertiary/aromatic N) is 1. The number of nitrogens with one attached hydrogen (secondary N) is 1. The highest BCUT2D eigenvalue weighted by atomic mass is 32.2. The van der Waals surface area contributed by atoms with Crippen molar-refractivity contribution in [2.75, 3.05) is 13.2 Å². The van der Waals surface area contributed by atoms with Gasteiger partial charge in [-0.1, -0.05) is 6.42 Å². The topological polar surface area (TPSA) is 77.0 Å². The van der Waals surface area contributed by atoms with E-state index < -0.39 is 15.3 Å². The maximum Gasteiger partial charge on any atom is 0.299 e. The van der Waals surface area contributed by atoms with Gasteiger partial charge in [0.25, 0.3) is 6.02 Å². The second-order valence-corrected chi connectivity index (χ2v) is 7.30. The Morgan fingerprint density at radius 3 is 2.63 bits per heavy atom. The van der Waals surface area contributed by atoms with Crippen LogP contribution in [-0.2, 0) is 19.5 Å². The molecule has 2 aliphatic heterocycles. The van der Waals surface area contributed by atoms with Gasteiger partial charge in [-0.05, 0) is 32.1 Å². The van der Waals surface area contributed by atoms with Crippen molar-refractivity contribution in [1.82, 2.24) is 4.72 Å². The molecule has 3 aliphatic rings. The molecular formula is C12H20N2O4S. The number of ether oxygens (including phenoxy) is 2. The van der Waals surface area contributed by atoms with Crippen molar-refractivity contribution in [3.05, 3.63) is 0 Å². The van der Waals surface area contributed by atoms with Crippen LogP contribution in [0, 0.1) is 0 Å². The van der Waals surface area contributed by atoms with E-state index in [2.05, 4.69) is 9.71 Å². The summed E-state index contributed by atoms with van der Waals surface area (Å²) in [6.07, 6.45) is 4.89. The molecule has 0 aromatic heterocycles. The predicted molar refractivity (Wildman–Crippen MR) is 70.5 cm³/mol. The van der Waals surface area contributed by atoms with Crippen LogP contribution < -0.4 is 4.72 Å². The molecule has 0 aromatic carbocycles. The van der Waals surface area contributed by atoms with Crippen LogP contribution in [0.3, 0.4) is 0 Å². The molecule has 2 heterocycles. The van der Waals surface area contributed by atoms with E-state index in [-0.39, 0.29) is 18.2 Å². The quantitative estimate of drug-likeness (QED) is 0.773. The summed E-state index contributed by atoms with van der Waals surface area (Å²) in [5.74, 6) is 0. The van der Waals surface area contributed by atoms with E-state index >= 15 is 0 Å². The van der Waals surface area contributed by atoms with E-state index in [1.165, 1.54) is 0 Å². The van der Waals surface area contributed by atoms with Gasteiger partial charge in [0.05, 0.1) is 6.04 Å². The number of aliphatic imine (C=N–C) groups is 1. The Hall–Kier alpha value is -0.820. The number of rotatable bonds is 1. The Kier molecular flexibility index (Phi) is 3.66. The van der Waals surface area contributed by atoms with Gasteiger partial charge in [0.2, 0.25) is 10.0 Å². The van der Waals surface area contributed by atoms with Gasteiger partial charge < -0.3 is 9.47 Å². The maximum atomic E-state index is 12.2. The molecule has 0 aromatic rings. The monoisotopic (exact) mass is 288 g/mol. The number of fused-ring (bicyclic) bond motifs is 1. The van der Waals surface area contributed by atoms with Crippen LogP contribution in [0.25, 0.3) is 0 Å². The third-order valence-corrected chi connectivity index (χ3v) is 5.82. The van der Waals surface area contributed by atoms with E-state index in [1.807, 2.05) is 0 Å². The number of amidine groups is 1. The van der Waals surface area contributed by atoms with Crippen LogP contribution in [0.15, 0.2) is 4.99 Å². The van der Waals surface area contributed by atoms with E-state index in [0.717, 1.165) is 32.1 Å². The fourth-order valence-electron chi connectivity index (χ4n) is 2.95. The Morgan fingerprint density at radius 2 is 1.84 bits per heavy atom. The van der Waals surface area contributed by atoms with Crippen molar-refractivity contribution < 1.29 is 17.9 Å². The summed E-state index contributed by atoms with van der Waals surface area (Å²) in [5, 5.41) is -0.408. The van der Waals surface area contributed by atoms with Crippen molar-refractivity contribution >= 4 is 16.0 Å². The minimum absolute atomic E-state index is 0.103. The minimum Gasteiger partial charge on any atom is -0.460 e. The number of hydrogen-bond acceptors (Lipinski definition) is 5. The standard InChI is InChI=1S/C12H20N2O4S/c15-19(16)11-4-2-1-3-10(11)18-12(14-19)13-9-5-7-17-8-6-9/h9-11H,1-8H2,(H,13,14). The molecular weight excluding hydrogens is 268 g/mol. The fourth-order valence-corrected chi connectivity index (χ4v) is 4.52. The van der Waals surface area contributed by atoms with Crippen LogP contribution in [0.2, 0.25) is 0 Å². The number of sulfonamides is 1. The summed E-state index contributed by atoms with van der Waals surface area (Å²) in [6.45, 7) is 1.36. The summed E-state index contributed by atoms with van der Waals surface area (Å²) in [4.78, 5) is 4.41. The predicted octanol–water partition coefficient (Wildman–Crippen LogP) is 0.782. The first-order chi connectivity index (χ1) is 9.15. The molecule has 1 aliphatic carbocycles. The van der Waals surface area contributed by atoms with Gasteiger partial charge in [-0.15, -0.1) is 0 Å². The Morgan fingerprint density at radius 1 is 1.11 bits per heavy atom. The van der Waals surface area contributed by atoms with Gasteiger partial charge in [0.1, 0.15) is 11.4 Å². The smallest absolute Gasteiger partial charge is 0.299 e. The Bertz CT molecular complexity index is 456. The lowest BCUT2D eigenvalue weighted by atomic mass is 9.97. The van der Waals surface area contributed by atoms with E-state index in [0.29, 0.717) is 19.6 Å². The van der Waals surface area contributed by atoms with Crippen molar-refractivity contribution in [3.8, 4) is 0 Å². The van der Waals surface area contributed by atoms with E-state index in [4.69, 9.17) is 9.47 Å². The zero-order valence-corrected chi connectivity index (χ0v) is 11.7. The molecule has 1 saturated carbocycles. The van der Waals surface area contributed by atoms with Gasteiger partial charge in [-0.25, -0.2) is 18.1 Å². The van der Waals surface area contributed by atoms with Gasteiger partial charge in [-0.3, -0.25) is 0 Å². The van der Waals surface area contributed by atoms with E-state index in [9.17, 15) is 8.42 Å². The summed E-state index contributed by atoms with van der Waals surface area (Å²) in [5.41, 5.74) is 0. The van der Waals surface area contributed by atoms with Crippen LogP contribution in [0.4, 0.5) is 0 Å². The summed E-state index contributed by atoms with van der Waals surface area (Å²) < 4.78 is 37.9. The highest BCUT2D eigenvalue weighted by Gasteiger charge is 2.42. The second kappa shape index (κ2) is 5.28. The highest BCUT2D eigenvalue weighted by molar-refractivity contribution is 7.90. The van der Waals surface area contributed by atoms with Gasteiger partial charge in [0.15, 0.2) is 0 Å². The molecule has 0 amide bonds. The lowest BCUT2D eigenvalue weighted by Gasteiger charge is -2.36. The zero-order chi connectivity index (χ0) is 13.3. The number of hydrogen-bond donors (Lipinski definition) is 1. The lowest BCUT2D eigenvalue weighted by Crippen LogP contribution is -2.54. The first kappa shape index (κ1) is 13.2. The van der Waals surface area contributed by atoms with Crippen molar-refractivity contribution in [2.45, 2.75) is 55.9 Å². The molecule has 19 heavy (non-hydrogen) atoms. The van der Waals surface area contributed by atoms with Crippen molar-refractivity contribution in [2.24, 2.45) is 4.99 Å². The molecule has 3 rings (SSSR count). The molecule has 2 unspecified atom stereocenters. The summed E-state index contributed by atoms with van der Waals surface area (Å²) in [6, 6.07) is 0.293. The van der Waals surface area contributed by atoms with Crippen LogP contribution in [0.1, 0.15) is 38.5 Å². The second-order valence-electron chi connectivity index (χ2n) is 5.40. The molecule has 2 atom stereocenters. The maximum absolute atomic E-state index is 12.2. The summed E-state index contributed by atoms with van der Waals surface area (Å²) in [7, 11) is -3.32. The van der Waals surface area contributed by atoms with Crippen LogP contribution >= 0.6 is 0 Å². The highest BCUT2D eigenvalue weighted by Crippen LogP contribution is 2.29. The van der Waals surface area contributed by atoms with Gasteiger partial charge in [-0.2, -0.15) is 0 Å². The van der Waals surface area contributed by atoms with Gasteiger partial charge >= 0.3 is 0 Å². The SMILES string of the molecule is O=S1(=O)NC(=NC2CCOCC2)OC2CCCCC21. The first-order valence-electron chi connectivity index (χ1n) is 6.99. The molecule has 0 radical (unpaired) electrons. The minimum atomic E-state index is -3.32. The molecule has 0 spiro atoms. The molecule has 108 valence electrons. The third-order valence-electron chi connectivity index (χ3n) is 4.02. The molecule has 1 N–H and O–H groups in total. The Balaban J connectivity index is 1.75. The Labute approximate surface area is 113 Å². The average Bonchev–Trinajstić information content (AvgIpc) is 2.39. The van der Waals surface area contributed by atoms with Crippen molar-refractivity contribution in [3.63, 3.8) is 0 Å². The average molecular weight is 288 g/mol. The lowest BCUT2D eigenvalue weighted by molar-refractivity contribution is 0.0844. The molecule has 6 nitrogen and oxygen atoms in total. The molecule has 7 heteroatoms. The van der Waals surface area contributed by atoms with Crippen LogP contribution in [0.5, 0.6) is 0 Å². The summed E-state index contributed by atoms with van der Waals surface area (Å²) >= 11 is 0. The third kappa shape index (κ3) is 2.86. The molecule has 0 bridgehead atoms. The van der Waals surface area contributed by atoms with Crippen molar-refractivity contribution in [1.29, 1.82) is 0 Å². The first-order valence-corrected chi connectivity index (χ1v) is 8.53. The molecule has 3 fully saturated rings. The van der Waals surface area contributed by atoms with Gasteiger partial charge in [0, 0.05) is 13.2 Å². The fraction of sp³-hybridized carbons (Fsp3) is 0.917. The van der Waals surface area contributed by atoms with E-state index in [1.54, 1.807) is 0 Å².